The molecule has 1 unspecified atom stereocenters. The van der Waals surface area contributed by atoms with Crippen molar-refractivity contribution in [2.75, 3.05) is 19.8 Å². The highest BCUT2D eigenvalue weighted by Gasteiger charge is 2.20. The van der Waals surface area contributed by atoms with Crippen LogP contribution in [0.25, 0.3) is 0 Å². The van der Waals surface area contributed by atoms with Gasteiger partial charge < -0.3 is 14.6 Å². The largest absolute Gasteiger partial charge is 0.490 e. The van der Waals surface area contributed by atoms with Gasteiger partial charge in [-0.3, -0.25) is 10.1 Å². The molecule has 0 aliphatic rings. The van der Waals surface area contributed by atoms with Crippen LogP contribution in [-0.4, -0.2) is 30.8 Å². The van der Waals surface area contributed by atoms with Crippen LogP contribution in [0.4, 0.5) is 0 Å². The second kappa shape index (κ2) is 9.02. The van der Waals surface area contributed by atoms with Gasteiger partial charge in [-0.25, -0.2) is 0 Å². The van der Waals surface area contributed by atoms with E-state index in [1.165, 1.54) is 0 Å². The average Bonchev–Trinajstić information content (AvgIpc) is 2.47. The number of hydrogen-bond donors (Lipinski definition) is 2. The maximum Gasteiger partial charge on any atom is 0.325 e. The molecule has 0 spiro atoms. The first-order valence-electron chi connectivity index (χ1n) is 7.10. The van der Waals surface area contributed by atoms with Crippen molar-refractivity contribution in [2.24, 2.45) is 0 Å². The Labute approximate surface area is 125 Å². The Hall–Kier alpha value is -2.01. The van der Waals surface area contributed by atoms with Crippen molar-refractivity contribution >= 4 is 5.97 Å². The van der Waals surface area contributed by atoms with Gasteiger partial charge in [0.05, 0.1) is 13.2 Å². The van der Waals surface area contributed by atoms with Crippen molar-refractivity contribution in [1.29, 1.82) is 0 Å². The van der Waals surface area contributed by atoms with Crippen molar-refractivity contribution in [3.8, 4) is 11.5 Å². The molecule has 0 aliphatic heterocycles. The molecule has 0 heterocycles. The molecule has 2 N–H and O–H groups in total. The van der Waals surface area contributed by atoms with Crippen LogP contribution in [0, 0.1) is 0 Å². The minimum atomic E-state index is -0.943. The SMILES string of the molecule is C=CCNC(C(=O)O)c1ccc(OCCC)c(OCC)c1. The Morgan fingerprint density at radius 2 is 2.14 bits per heavy atom. The highest BCUT2D eigenvalue weighted by Crippen LogP contribution is 2.31. The lowest BCUT2D eigenvalue weighted by atomic mass is 10.1. The van der Waals surface area contributed by atoms with Gasteiger partial charge in [0.25, 0.3) is 0 Å². The molecule has 0 aromatic heterocycles. The number of carboxylic acids is 1. The third-order valence-corrected chi connectivity index (χ3v) is 2.78. The molecule has 5 heteroatoms. The van der Waals surface area contributed by atoms with Gasteiger partial charge >= 0.3 is 5.97 Å². The smallest absolute Gasteiger partial charge is 0.325 e. The summed E-state index contributed by atoms with van der Waals surface area (Å²) in [7, 11) is 0. The topological polar surface area (TPSA) is 67.8 Å². The van der Waals surface area contributed by atoms with E-state index in [1.54, 1.807) is 24.3 Å². The summed E-state index contributed by atoms with van der Waals surface area (Å²) >= 11 is 0. The zero-order chi connectivity index (χ0) is 15.7. The molecule has 0 amide bonds. The van der Waals surface area contributed by atoms with Crippen LogP contribution in [0.15, 0.2) is 30.9 Å². The number of rotatable bonds is 10. The van der Waals surface area contributed by atoms with Crippen LogP contribution in [0.2, 0.25) is 0 Å². The minimum absolute atomic E-state index is 0.412. The molecule has 1 rings (SSSR count). The fourth-order valence-corrected chi connectivity index (χ4v) is 1.85. The normalized spacial score (nSPS) is 11.7. The Morgan fingerprint density at radius 3 is 2.71 bits per heavy atom. The van der Waals surface area contributed by atoms with Crippen molar-refractivity contribution in [2.45, 2.75) is 26.3 Å². The monoisotopic (exact) mass is 293 g/mol. The van der Waals surface area contributed by atoms with Crippen LogP contribution >= 0.6 is 0 Å². The summed E-state index contributed by atoms with van der Waals surface area (Å²) in [6.45, 7) is 8.97. The van der Waals surface area contributed by atoms with Crippen molar-refractivity contribution < 1.29 is 19.4 Å². The van der Waals surface area contributed by atoms with Crippen molar-refractivity contribution in [3.05, 3.63) is 36.4 Å². The van der Waals surface area contributed by atoms with Gasteiger partial charge in [-0.2, -0.15) is 0 Å². The Kier molecular flexibility index (Phi) is 7.32. The summed E-state index contributed by atoms with van der Waals surface area (Å²) in [5.74, 6) is 0.256. The Balaban J connectivity index is 3.03. The second-order valence-electron chi connectivity index (χ2n) is 4.46. The molecular formula is C16H23NO4. The van der Waals surface area contributed by atoms with Gasteiger partial charge in [-0.1, -0.05) is 19.1 Å². The highest BCUT2D eigenvalue weighted by molar-refractivity contribution is 5.76. The van der Waals surface area contributed by atoms with E-state index >= 15 is 0 Å². The van der Waals surface area contributed by atoms with Crippen LogP contribution in [0.1, 0.15) is 31.9 Å². The Morgan fingerprint density at radius 1 is 1.38 bits per heavy atom. The van der Waals surface area contributed by atoms with Crippen LogP contribution in [-0.2, 0) is 4.79 Å². The number of hydrogen-bond acceptors (Lipinski definition) is 4. The number of carbonyl (C=O) groups is 1. The first-order chi connectivity index (χ1) is 10.1. The fraction of sp³-hybridized carbons (Fsp3) is 0.438. The molecule has 0 radical (unpaired) electrons. The summed E-state index contributed by atoms with van der Waals surface area (Å²) in [4.78, 5) is 11.4. The summed E-state index contributed by atoms with van der Waals surface area (Å²) in [5.41, 5.74) is 0.622. The van der Waals surface area contributed by atoms with Gasteiger partial charge in [0, 0.05) is 6.54 Å². The third-order valence-electron chi connectivity index (χ3n) is 2.78. The van der Waals surface area contributed by atoms with Gasteiger partial charge in [-0.15, -0.1) is 6.58 Å². The number of benzene rings is 1. The molecule has 5 nitrogen and oxygen atoms in total. The average molecular weight is 293 g/mol. The van der Waals surface area contributed by atoms with E-state index in [0.29, 0.717) is 36.8 Å². The minimum Gasteiger partial charge on any atom is -0.490 e. The molecule has 0 saturated heterocycles. The van der Waals surface area contributed by atoms with Gasteiger partial charge in [0.2, 0.25) is 0 Å². The lowest BCUT2D eigenvalue weighted by Gasteiger charge is -2.17. The van der Waals surface area contributed by atoms with Crippen molar-refractivity contribution in [3.63, 3.8) is 0 Å². The second-order valence-corrected chi connectivity index (χ2v) is 4.46. The predicted molar refractivity (Wildman–Crippen MR) is 82.0 cm³/mol. The number of aliphatic carboxylic acids is 1. The molecule has 1 aromatic carbocycles. The summed E-state index contributed by atoms with van der Waals surface area (Å²) in [5, 5.41) is 12.2. The quantitative estimate of drug-likeness (QED) is 0.649. The molecule has 116 valence electrons. The number of ether oxygens (including phenoxy) is 2. The van der Waals surface area contributed by atoms with E-state index in [1.807, 2.05) is 13.8 Å². The lowest BCUT2D eigenvalue weighted by molar-refractivity contribution is -0.139. The van der Waals surface area contributed by atoms with E-state index in [-0.39, 0.29) is 0 Å². The lowest BCUT2D eigenvalue weighted by Crippen LogP contribution is -2.28. The van der Waals surface area contributed by atoms with Gasteiger partial charge in [-0.05, 0) is 31.0 Å². The summed E-state index contributed by atoms with van der Waals surface area (Å²) in [6.07, 6.45) is 2.52. The molecular weight excluding hydrogens is 270 g/mol. The molecule has 1 atom stereocenters. The number of nitrogens with one attached hydrogen (secondary N) is 1. The Bertz CT molecular complexity index is 473. The van der Waals surface area contributed by atoms with Gasteiger partial charge in [0.1, 0.15) is 6.04 Å². The predicted octanol–water partition coefficient (Wildman–Crippen LogP) is 2.78. The summed E-state index contributed by atoms with van der Waals surface area (Å²) in [6, 6.07) is 4.40. The van der Waals surface area contributed by atoms with E-state index < -0.39 is 12.0 Å². The van der Waals surface area contributed by atoms with Gasteiger partial charge in [0.15, 0.2) is 11.5 Å². The molecule has 0 bridgehead atoms. The molecule has 0 fully saturated rings. The van der Waals surface area contributed by atoms with E-state index in [0.717, 1.165) is 6.42 Å². The van der Waals surface area contributed by atoms with E-state index in [9.17, 15) is 9.90 Å². The number of carboxylic acid groups (broad SMARTS) is 1. The maximum absolute atomic E-state index is 11.4. The van der Waals surface area contributed by atoms with Crippen LogP contribution in [0.5, 0.6) is 11.5 Å². The van der Waals surface area contributed by atoms with E-state index in [2.05, 4.69) is 11.9 Å². The molecule has 0 aliphatic carbocycles. The zero-order valence-corrected chi connectivity index (χ0v) is 12.6. The first kappa shape index (κ1) is 17.0. The standard InChI is InChI=1S/C16H23NO4/c1-4-9-17-15(16(18)19)12-7-8-13(21-10-5-2)14(11-12)20-6-3/h4,7-8,11,15,17H,1,5-6,9-10H2,2-3H3,(H,18,19). The van der Waals surface area contributed by atoms with Crippen LogP contribution in [0.3, 0.4) is 0 Å². The fourth-order valence-electron chi connectivity index (χ4n) is 1.85. The molecule has 21 heavy (non-hydrogen) atoms. The third kappa shape index (κ3) is 5.11. The van der Waals surface area contributed by atoms with Crippen LogP contribution < -0.4 is 14.8 Å². The maximum atomic E-state index is 11.4. The molecule has 1 aromatic rings. The van der Waals surface area contributed by atoms with Crippen molar-refractivity contribution in [1.82, 2.24) is 5.32 Å². The van der Waals surface area contributed by atoms with E-state index in [4.69, 9.17) is 9.47 Å². The summed E-state index contributed by atoms with van der Waals surface area (Å²) < 4.78 is 11.1. The zero-order valence-electron chi connectivity index (χ0n) is 12.6. The molecule has 0 saturated carbocycles. The highest BCUT2D eigenvalue weighted by atomic mass is 16.5. The first-order valence-corrected chi connectivity index (χ1v) is 7.10.